The standard InChI is InChI=1S/C16H23N5O2.2ClH/c17-8-11-2-1-3-13(11)16(23)20-12-4-5-14(19-9-12)21-7-6-18-15(22)10-21;;/h4-5,9,11,13H,1-3,6-8,10,17H2,(H,18,22)(H,20,23);2*1H/t11-,13-;;/m1../s1. The van der Waals surface area contributed by atoms with Crippen molar-refractivity contribution in [2.45, 2.75) is 19.3 Å². The molecule has 9 heteroatoms. The smallest absolute Gasteiger partial charge is 0.239 e. The van der Waals surface area contributed by atoms with Crippen LogP contribution in [0.4, 0.5) is 11.5 Å². The number of nitrogens with one attached hydrogen (secondary N) is 2. The number of hydrogen-bond donors (Lipinski definition) is 3. The van der Waals surface area contributed by atoms with Crippen LogP contribution >= 0.6 is 24.8 Å². The number of amides is 2. The summed E-state index contributed by atoms with van der Waals surface area (Å²) in [6.07, 6.45) is 4.64. The van der Waals surface area contributed by atoms with Crippen LogP contribution in [0.2, 0.25) is 0 Å². The third-order valence-corrected chi connectivity index (χ3v) is 4.68. The van der Waals surface area contributed by atoms with E-state index in [1.54, 1.807) is 6.20 Å². The quantitative estimate of drug-likeness (QED) is 0.717. The van der Waals surface area contributed by atoms with Gasteiger partial charge >= 0.3 is 0 Å². The molecule has 0 spiro atoms. The lowest BCUT2D eigenvalue weighted by molar-refractivity contribution is -0.121. The van der Waals surface area contributed by atoms with E-state index in [2.05, 4.69) is 15.6 Å². The fraction of sp³-hybridized carbons (Fsp3) is 0.562. The van der Waals surface area contributed by atoms with Crippen LogP contribution in [-0.2, 0) is 9.59 Å². The molecule has 4 N–H and O–H groups in total. The van der Waals surface area contributed by atoms with E-state index in [1.165, 1.54) is 0 Å². The van der Waals surface area contributed by atoms with E-state index in [-0.39, 0.29) is 48.5 Å². The molecule has 1 saturated carbocycles. The van der Waals surface area contributed by atoms with Gasteiger partial charge in [-0.3, -0.25) is 9.59 Å². The fourth-order valence-corrected chi connectivity index (χ4v) is 3.38. The van der Waals surface area contributed by atoms with Gasteiger partial charge in [-0.1, -0.05) is 6.42 Å². The van der Waals surface area contributed by atoms with Crippen molar-refractivity contribution in [1.82, 2.24) is 10.3 Å². The zero-order valence-electron chi connectivity index (χ0n) is 13.9. The molecule has 140 valence electrons. The van der Waals surface area contributed by atoms with Gasteiger partial charge in [0, 0.05) is 19.0 Å². The van der Waals surface area contributed by atoms with Crippen molar-refractivity contribution in [3.05, 3.63) is 18.3 Å². The monoisotopic (exact) mass is 389 g/mol. The summed E-state index contributed by atoms with van der Waals surface area (Å²) in [5.74, 6) is 1.08. The second-order valence-electron chi connectivity index (χ2n) is 6.20. The molecule has 2 amide bonds. The Morgan fingerprint density at radius 2 is 2.16 bits per heavy atom. The highest BCUT2D eigenvalue weighted by atomic mass is 35.5. The zero-order valence-corrected chi connectivity index (χ0v) is 15.6. The molecule has 1 aliphatic carbocycles. The highest BCUT2D eigenvalue weighted by Crippen LogP contribution is 2.31. The molecule has 1 aromatic heterocycles. The van der Waals surface area contributed by atoms with Gasteiger partial charge < -0.3 is 21.3 Å². The number of piperazine rings is 1. The Morgan fingerprint density at radius 1 is 1.36 bits per heavy atom. The number of pyridine rings is 1. The van der Waals surface area contributed by atoms with Gasteiger partial charge in [0.05, 0.1) is 18.4 Å². The SMILES string of the molecule is Cl.Cl.NC[C@H]1CCC[C@H]1C(=O)Nc1ccc(N2CCNC(=O)C2)nc1. The van der Waals surface area contributed by atoms with Crippen molar-refractivity contribution in [1.29, 1.82) is 0 Å². The van der Waals surface area contributed by atoms with E-state index >= 15 is 0 Å². The number of halogens is 2. The van der Waals surface area contributed by atoms with Gasteiger partial charge in [0.2, 0.25) is 11.8 Å². The van der Waals surface area contributed by atoms with Crippen LogP contribution in [0.25, 0.3) is 0 Å². The van der Waals surface area contributed by atoms with Gasteiger partial charge in [-0.15, -0.1) is 24.8 Å². The molecule has 2 fully saturated rings. The van der Waals surface area contributed by atoms with E-state index in [9.17, 15) is 9.59 Å². The average molecular weight is 390 g/mol. The highest BCUT2D eigenvalue weighted by Gasteiger charge is 2.31. The van der Waals surface area contributed by atoms with Crippen LogP contribution in [0.1, 0.15) is 19.3 Å². The van der Waals surface area contributed by atoms with Gasteiger partial charge in [-0.2, -0.15) is 0 Å². The summed E-state index contributed by atoms with van der Waals surface area (Å²) < 4.78 is 0. The summed E-state index contributed by atoms with van der Waals surface area (Å²) in [5.41, 5.74) is 6.42. The molecule has 1 saturated heterocycles. The minimum absolute atomic E-state index is 0. The molecule has 1 aliphatic heterocycles. The fourth-order valence-electron chi connectivity index (χ4n) is 3.38. The van der Waals surface area contributed by atoms with Crippen LogP contribution < -0.4 is 21.3 Å². The summed E-state index contributed by atoms with van der Waals surface area (Å²) in [6.45, 7) is 2.25. The maximum atomic E-state index is 12.4. The minimum Gasteiger partial charge on any atom is -0.353 e. The van der Waals surface area contributed by atoms with Crippen molar-refractivity contribution in [3.8, 4) is 0 Å². The van der Waals surface area contributed by atoms with Crippen molar-refractivity contribution >= 4 is 48.1 Å². The number of carbonyl (C=O) groups is 2. The predicted octanol–water partition coefficient (Wildman–Crippen LogP) is 1.17. The molecule has 0 unspecified atom stereocenters. The third kappa shape index (κ3) is 5.20. The highest BCUT2D eigenvalue weighted by molar-refractivity contribution is 5.93. The molecular formula is C16H25Cl2N5O2. The number of nitrogens with two attached hydrogens (primary N) is 1. The Labute approximate surface area is 159 Å². The van der Waals surface area contributed by atoms with E-state index < -0.39 is 0 Å². The first-order chi connectivity index (χ1) is 11.2. The van der Waals surface area contributed by atoms with Crippen molar-refractivity contribution in [2.75, 3.05) is 36.4 Å². The Bertz CT molecular complexity index is 584. The van der Waals surface area contributed by atoms with E-state index in [0.717, 1.165) is 31.6 Å². The maximum Gasteiger partial charge on any atom is 0.239 e. The number of nitrogens with zero attached hydrogens (tertiary/aromatic N) is 2. The summed E-state index contributed by atoms with van der Waals surface area (Å²) in [4.78, 5) is 30.1. The van der Waals surface area contributed by atoms with Crippen LogP contribution in [0.5, 0.6) is 0 Å². The molecular weight excluding hydrogens is 365 g/mol. The molecule has 2 atom stereocenters. The van der Waals surface area contributed by atoms with Crippen molar-refractivity contribution < 1.29 is 9.59 Å². The number of aromatic nitrogens is 1. The van der Waals surface area contributed by atoms with E-state index in [0.29, 0.717) is 25.3 Å². The number of hydrogen-bond acceptors (Lipinski definition) is 5. The zero-order chi connectivity index (χ0) is 16.2. The van der Waals surface area contributed by atoms with Crippen LogP contribution in [0, 0.1) is 11.8 Å². The third-order valence-electron chi connectivity index (χ3n) is 4.68. The average Bonchev–Trinajstić information content (AvgIpc) is 3.04. The van der Waals surface area contributed by atoms with Crippen LogP contribution in [0.15, 0.2) is 18.3 Å². The van der Waals surface area contributed by atoms with Crippen molar-refractivity contribution in [3.63, 3.8) is 0 Å². The largest absolute Gasteiger partial charge is 0.353 e. The van der Waals surface area contributed by atoms with Gasteiger partial charge in [0.15, 0.2) is 0 Å². The van der Waals surface area contributed by atoms with E-state index in [1.807, 2.05) is 17.0 Å². The predicted molar refractivity (Wildman–Crippen MR) is 102 cm³/mol. The summed E-state index contributed by atoms with van der Waals surface area (Å²) in [6, 6.07) is 3.67. The number of rotatable bonds is 4. The van der Waals surface area contributed by atoms with Gasteiger partial charge in [0.1, 0.15) is 5.82 Å². The van der Waals surface area contributed by atoms with Crippen LogP contribution in [-0.4, -0.2) is 43.0 Å². The molecule has 0 aromatic carbocycles. The van der Waals surface area contributed by atoms with Gasteiger partial charge in [-0.25, -0.2) is 4.98 Å². The van der Waals surface area contributed by atoms with Gasteiger partial charge in [-0.05, 0) is 37.4 Å². The topological polar surface area (TPSA) is 100 Å². The molecule has 2 aliphatic rings. The lowest BCUT2D eigenvalue weighted by Gasteiger charge is -2.27. The lowest BCUT2D eigenvalue weighted by Crippen LogP contribution is -2.48. The second kappa shape index (κ2) is 9.79. The van der Waals surface area contributed by atoms with Gasteiger partial charge in [0.25, 0.3) is 0 Å². The maximum absolute atomic E-state index is 12.4. The first-order valence-electron chi connectivity index (χ1n) is 8.16. The first-order valence-corrected chi connectivity index (χ1v) is 8.16. The Balaban J connectivity index is 0.00000156. The molecule has 3 rings (SSSR count). The summed E-state index contributed by atoms with van der Waals surface area (Å²) in [5, 5.41) is 5.72. The van der Waals surface area contributed by atoms with E-state index in [4.69, 9.17) is 5.73 Å². The first kappa shape index (κ1) is 21.5. The van der Waals surface area contributed by atoms with Crippen LogP contribution in [0.3, 0.4) is 0 Å². The summed E-state index contributed by atoms with van der Waals surface area (Å²) >= 11 is 0. The Kier molecular flexibility index (Phi) is 8.41. The minimum atomic E-state index is 0. The normalized spacial score (nSPS) is 22.4. The Morgan fingerprint density at radius 3 is 2.80 bits per heavy atom. The molecule has 1 aromatic rings. The molecule has 25 heavy (non-hydrogen) atoms. The molecule has 2 heterocycles. The molecule has 0 radical (unpaired) electrons. The molecule has 7 nitrogen and oxygen atoms in total. The lowest BCUT2D eigenvalue weighted by atomic mass is 9.95. The molecule has 0 bridgehead atoms. The van der Waals surface area contributed by atoms with Crippen molar-refractivity contribution in [2.24, 2.45) is 17.6 Å². The Hall–Kier alpha value is -1.57. The number of anilines is 2. The second-order valence-corrected chi connectivity index (χ2v) is 6.20. The number of carbonyl (C=O) groups excluding carboxylic acids is 2. The summed E-state index contributed by atoms with van der Waals surface area (Å²) in [7, 11) is 0.